The number of nitrogens with one attached hydrogen (secondary N) is 1. The summed E-state index contributed by atoms with van der Waals surface area (Å²) in [4.78, 5) is 17.0. The minimum Gasteiger partial charge on any atom is -0.345 e. The highest BCUT2D eigenvalue weighted by Crippen LogP contribution is 2.21. The molecule has 2 aromatic carbocycles. The third kappa shape index (κ3) is 3.04. The Kier molecular flexibility index (Phi) is 4.03. The maximum absolute atomic E-state index is 12.5. The Morgan fingerprint density at radius 3 is 2.68 bits per heavy atom. The van der Waals surface area contributed by atoms with E-state index in [1.54, 1.807) is 22.2 Å². The van der Waals surface area contributed by atoms with Crippen molar-refractivity contribution in [3.63, 3.8) is 0 Å². The molecule has 0 atom stereocenters. The number of carbonyl (C=O) groups is 1. The number of carbonyl (C=O) groups excluding carboxylic acids is 1. The molecule has 124 valence electrons. The number of amides is 1. The molecule has 0 fully saturated rings. The predicted molar refractivity (Wildman–Crippen MR) is 99.1 cm³/mol. The Morgan fingerprint density at radius 2 is 1.88 bits per heavy atom. The van der Waals surface area contributed by atoms with E-state index in [9.17, 15) is 4.79 Å². The van der Waals surface area contributed by atoms with Gasteiger partial charge in [0.1, 0.15) is 5.01 Å². The monoisotopic (exact) mass is 348 g/mol. The predicted octanol–water partition coefficient (Wildman–Crippen LogP) is 3.72. The topological polar surface area (TPSA) is 59.8 Å². The van der Waals surface area contributed by atoms with Crippen molar-refractivity contribution in [2.75, 3.05) is 0 Å². The van der Waals surface area contributed by atoms with Crippen LogP contribution in [-0.4, -0.2) is 20.7 Å². The van der Waals surface area contributed by atoms with Crippen molar-refractivity contribution in [2.45, 2.75) is 13.5 Å². The fourth-order valence-electron chi connectivity index (χ4n) is 2.71. The van der Waals surface area contributed by atoms with E-state index < -0.39 is 0 Å². The van der Waals surface area contributed by atoms with E-state index in [4.69, 9.17) is 0 Å². The number of para-hydroxylation sites is 2. The highest BCUT2D eigenvalue weighted by atomic mass is 32.1. The molecule has 6 heteroatoms. The van der Waals surface area contributed by atoms with Crippen LogP contribution in [0, 0.1) is 6.92 Å². The number of thiazole rings is 1. The van der Waals surface area contributed by atoms with Gasteiger partial charge in [0.25, 0.3) is 5.91 Å². The first kappa shape index (κ1) is 15.5. The van der Waals surface area contributed by atoms with Crippen molar-refractivity contribution < 1.29 is 4.79 Å². The van der Waals surface area contributed by atoms with E-state index in [-0.39, 0.29) is 5.91 Å². The fraction of sp³-hybridized carbons (Fsp3) is 0.105. The Morgan fingerprint density at radius 1 is 1.12 bits per heavy atom. The SMILES string of the molecule is Cc1c(C(=O)NCc2nc3ccccc3s2)cnn1-c1ccccc1. The Balaban J connectivity index is 1.51. The molecular weight excluding hydrogens is 332 g/mol. The van der Waals surface area contributed by atoms with Gasteiger partial charge in [-0.05, 0) is 31.2 Å². The molecule has 0 aliphatic rings. The van der Waals surface area contributed by atoms with E-state index in [1.807, 2.05) is 61.5 Å². The molecule has 2 aromatic heterocycles. The number of hydrogen-bond acceptors (Lipinski definition) is 4. The van der Waals surface area contributed by atoms with Gasteiger partial charge < -0.3 is 5.32 Å². The lowest BCUT2D eigenvalue weighted by atomic mass is 10.2. The van der Waals surface area contributed by atoms with Crippen molar-refractivity contribution >= 4 is 27.5 Å². The molecule has 0 unspecified atom stereocenters. The first-order valence-corrected chi connectivity index (χ1v) is 8.77. The Hall–Kier alpha value is -2.99. The van der Waals surface area contributed by atoms with Crippen LogP contribution < -0.4 is 5.32 Å². The van der Waals surface area contributed by atoms with Crippen molar-refractivity contribution in [2.24, 2.45) is 0 Å². The van der Waals surface area contributed by atoms with Crippen LogP contribution in [0.5, 0.6) is 0 Å². The Bertz CT molecular complexity index is 1000. The molecule has 1 N–H and O–H groups in total. The second-order valence-corrected chi connectivity index (χ2v) is 6.76. The zero-order valence-electron chi connectivity index (χ0n) is 13.6. The van der Waals surface area contributed by atoms with E-state index in [2.05, 4.69) is 15.4 Å². The van der Waals surface area contributed by atoms with Gasteiger partial charge in [-0.3, -0.25) is 4.79 Å². The van der Waals surface area contributed by atoms with Crippen LogP contribution >= 0.6 is 11.3 Å². The van der Waals surface area contributed by atoms with Crippen molar-refractivity contribution in [3.8, 4) is 5.69 Å². The molecule has 0 saturated heterocycles. The number of rotatable bonds is 4. The summed E-state index contributed by atoms with van der Waals surface area (Å²) in [5.41, 5.74) is 3.29. The van der Waals surface area contributed by atoms with Gasteiger partial charge in [-0.15, -0.1) is 11.3 Å². The molecule has 0 aliphatic heterocycles. The zero-order valence-corrected chi connectivity index (χ0v) is 14.5. The van der Waals surface area contributed by atoms with E-state index in [1.165, 1.54) is 0 Å². The number of hydrogen-bond donors (Lipinski definition) is 1. The van der Waals surface area contributed by atoms with E-state index in [0.29, 0.717) is 12.1 Å². The molecule has 4 aromatic rings. The number of nitrogens with zero attached hydrogens (tertiary/aromatic N) is 3. The normalized spacial score (nSPS) is 10.9. The van der Waals surface area contributed by atoms with Crippen LogP contribution in [0.15, 0.2) is 60.8 Å². The number of fused-ring (bicyclic) bond motifs is 1. The third-order valence-corrected chi connectivity index (χ3v) is 5.03. The lowest BCUT2D eigenvalue weighted by Gasteiger charge is -2.05. The Labute approximate surface area is 149 Å². The first-order chi connectivity index (χ1) is 12.2. The molecule has 4 rings (SSSR count). The van der Waals surface area contributed by atoms with Gasteiger partial charge in [0.2, 0.25) is 0 Å². The summed E-state index contributed by atoms with van der Waals surface area (Å²) in [6.45, 7) is 2.31. The van der Waals surface area contributed by atoms with Gasteiger partial charge in [-0.1, -0.05) is 30.3 Å². The number of benzene rings is 2. The molecule has 0 saturated carbocycles. The van der Waals surface area contributed by atoms with Crippen LogP contribution in [0.2, 0.25) is 0 Å². The lowest BCUT2D eigenvalue weighted by molar-refractivity contribution is 0.0950. The summed E-state index contributed by atoms with van der Waals surface area (Å²) >= 11 is 1.59. The molecule has 5 nitrogen and oxygen atoms in total. The molecule has 2 heterocycles. The average molecular weight is 348 g/mol. The fourth-order valence-corrected chi connectivity index (χ4v) is 3.62. The molecule has 1 amide bonds. The van der Waals surface area contributed by atoms with Gasteiger partial charge >= 0.3 is 0 Å². The van der Waals surface area contributed by atoms with Gasteiger partial charge in [-0.2, -0.15) is 5.10 Å². The quantitative estimate of drug-likeness (QED) is 0.611. The molecule has 0 radical (unpaired) electrons. The first-order valence-electron chi connectivity index (χ1n) is 7.95. The molecule has 0 bridgehead atoms. The summed E-state index contributed by atoms with van der Waals surface area (Å²) in [6.07, 6.45) is 1.61. The maximum Gasteiger partial charge on any atom is 0.255 e. The summed E-state index contributed by atoms with van der Waals surface area (Å²) in [5.74, 6) is -0.140. The summed E-state index contributed by atoms with van der Waals surface area (Å²) < 4.78 is 2.90. The highest BCUT2D eigenvalue weighted by molar-refractivity contribution is 7.18. The van der Waals surface area contributed by atoms with E-state index >= 15 is 0 Å². The van der Waals surface area contributed by atoms with Crippen LogP contribution in [-0.2, 0) is 6.54 Å². The molecule has 0 aliphatic carbocycles. The smallest absolute Gasteiger partial charge is 0.255 e. The summed E-state index contributed by atoms with van der Waals surface area (Å²) in [7, 11) is 0. The third-order valence-electron chi connectivity index (χ3n) is 3.99. The second-order valence-electron chi connectivity index (χ2n) is 5.65. The maximum atomic E-state index is 12.5. The van der Waals surface area contributed by atoms with Crippen LogP contribution in [0.4, 0.5) is 0 Å². The summed E-state index contributed by atoms with van der Waals surface area (Å²) in [6, 6.07) is 17.7. The molecule has 25 heavy (non-hydrogen) atoms. The van der Waals surface area contributed by atoms with Crippen LogP contribution in [0.25, 0.3) is 15.9 Å². The van der Waals surface area contributed by atoms with Crippen molar-refractivity contribution in [1.82, 2.24) is 20.1 Å². The minimum atomic E-state index is -0.140. The van der Waals surface area contributed by atoms with Gasteiger partial charge in [0.05, 0.1) is 39.9 Å². The molecule has 0 spiro atoms. The van der Waals surface area contributed by atoms with Gasteiger partial charge in [-0.25, -0.2) is 9.67 Å². The highest BCUT2D eigenvalue weighted by Gasteiger charge is 2.15. The van der Waals surface area contributed by atoms with Gasteiger partial charge in [0.15, 0.2) is 0 Å². The van der Waals surface area contributed by atoms with Crippen LogP contribution in [0.3, 0.4) is 0 Å². The number of aromatic nitrogens is 3. The van der Waals surface area contributed by atoms with E-state index in [0.717, 1.165) is 26.6 Å². The van der Waals surface area contributed by atoms with Gasteiger partial charge in [0, 0.05) is 0 Å². The second kappa shape index (κ2) is 6.49. The lowest BCUT2D eigenvalue weighted by Crippen LogP contribution is -2.23. The zero-order chi connectivity index (χ0) is 17.2. The summed E-state index contributed by atoms with van der Waals surface area (Å²) in [5, 5.41) is 8.17. The van der Waals surface area contributed by atoms with Crippen LogP contribution in [0.1, 0.15) is 21.1 Å². The molecular formula is C19H16N4OS. The standard InChI is InChI=1S/C19H16N4OS/c1-13-15(11-21-23(13)14-7-3-2-4-8-14)19(24)20-12-18-22-16-9-5-6-10-17(16)25-18/h2-11H,12H2,1H3,(H,20,24). The average Bonchev–Trinajstić information content (AvgIpc) is 3.23. The minimum absolute atomic E-state index is 0.140. The van der Waals surface area contributed by atoms with Crippen molar-refractivity contribution in [1.29, 1.82) is 0 Å². The largest absolute Gasteiger partial charge is 0.345 e. The van der Waals surface area contributed by atoms with Crippen molar-refractivity contribution in [3.05, 3.63) is 77.1 Å².